The van der Waals surface area contributed by atoms with Gasteiger partial charge in [0.05, 0.1) is 11.8 Å². The predicted molar refractivity (Wildman–Crippen MR) is 63.9 cm³/mol. The number of nitrogens with zero attached hydrogens (tertiary/aromatic N) is 1. The van der Waals surface area contributed by atoms with E-state index in [1.54, 1.807) is 0 Å². The van der Waals surface area contributed by atoms with Crippen molar-refractivity contribution < 1.29 is 13.3 Å². The van der Waals surface area contributed by atoms with Crippen molar-refractivity contribution in [2.45, 2.75) is 19.9 Å². The standard InChI is InChI=1S/C13H14F2N2O/c1-2-6-16-7-9-8-17-18-13(9)10-4-3-5-11(14)12(10)15/h3-5,8,16H,2,6-7H2,1H3. The molecule has 5 heteroatoms. The molecule has 18 heavy (non-hydrogen) atoms. The van der Waals surface area contributed by atoms with Gasteiger partial charge in [0.15, 0.2) is 17.4 Å². The molecule has 0 fully saturated rings. The van der Waals surface area contributed by atoms with Gasteiger partial charge in [0.2, 0.25) is 0 Å². The average molecular weight is 252 g/mol. The second-order valence-electron chi connectivity index (χ2n) is 3.96. The normalized spacial score (nSPS) is 10.8. The number of halogens is 2. The van der Waals surface area contributed by atoms with E-state index in [1.807, 2.05) is 6.92 Å². The summed E-state index contributed by atoms with van der Waals surface area (Å²) in [6.07, 6.45) is 2.51. The van der Waals surface area contributed by atoms with Crippen LogP contribution in [0.4, 0.5) is 8.78 Å². The molecular formula is C13H14F2N2O. The van der Waals surface area contributed by atoms with Crippen molar-refractivity contribution in [3.05, 3.63) is 41.6 Å². The Morgan fingerprint density at radius 1 is 1.33 bits per heavy atom. The lowest BCUT2D eigenvalue weighted by atomic mass is 10.1. The van der Waals surface area contributed by atoms with Crippen molar-refractivity contribution in [2.24, 2.45) is 0 Å². The van der Waals surface area contributed by atoms with Gasteiger partial charge in [-0.25, -0.2) is 8.78 Å². The fourth-order valence-electron chi connectivity index (χ4n) is 1.69. The first kappa shape index (κ1) is 12.7. The first-order chi connectivity index (χ1) is 8.74. The van der Waals surface area contributed by atoms with Crippen LogP contribution >= 0.6 is 0 Å². The molecule has 0 amide bonds. The number of hydrogen-bond donors (Lipinski definition) is 1. The molecule has 2 aromatic rings. The Hall–Kier alpha value is -1.75. The number of nitrogens with one attached hydrogen (secondary N) is 1. The summed E-state index contributed by atoms with van der Waals surface area (Å²) in [4.78, 5) is 0. The van der Waals surface area contributed by atoms with E-state index in [4.69, 9.17) is 4.52 Å². The van der Waals surface area contributed by atoms with E-state index in [9.17, 15) is 8.78 Å². The predicted octanol–water partition coefficient (Wildman–Crippen LogP) is 3.12. The van der Waals surface area contributed by atoms with Crippen molar-refractivity contribution in [1.29, 1.82) is 0 Å². The Morgan fingerprint density at radius 3 is 2.94 bits per heavy atom. The van der Waals surface area contributed by atoms with Crippen LogP contribution in [0, 0.1) is 11.6 Å². The summed E-state index contributed by atoms with van der Waals surface area (Å²) >= 11 is 0. The fraction of sp³-hybridized carbons (Fsp3) is 0.308. The fourth-order valence-corrected chi connectivity index (χ4v) is 1.69. The number of rotatable bonds is 5. The summed E-state index contributed by atoms with van der Waals surface area (Å²) in [5, 5.41) is 6.81. The average Bonchev–Trinajstić information content (AvgIpc) is 2.81. The summed E-state index contributed by atoms with van der Waals surface area (Å²) < 4.78 is 31.8. The van der Waals surface area contributed by atoms with E-state index >= 15 is 0 Å². The van der Waals surface area contributed by atoms with Gasteiger partial charge >= 0.3 is 0 Å². The highest BCUT2D eigenvalue weighted by atomic mass is 19.2. The minimum Gasteiger partial charge on any atom is -0.356 e. The first-order valence-corrected chi connectivity index (χ1v) is 5.82. The lowest BCUT2D eigenvalue weighted by molar-refractivity contribution is 0.426. The van der Waals surface area contributed by atoms with Crippen LogP contribution in [0.1, 0.15) is 18.9 Å². The molecule has 0 bridgehead atoms. The molecule has 2 rings (SSSR count). The van der Waals surface area contributed by atoms with Gasteiger partial charge < -0.3 is 9.84 Å². The molecule has 0 saturated carbocycles. The van der Waals surface area contributed by atoms with E-state index in [0.29, 0.717) is 12.1 Å². The molecule has 1 N–H and O–H groups in total. The summed E-state index contributed by atoms with van der Waals surface area (Å²) in [6.45, 7) is 3.41. The Bertz CT molecular complexity index is 525. The summed E-state index contributed by atoms with van der Waals surface area (Å²) in [5.74, 6) is -1.53. The zero-order valence-electron chi connectivity index (χ0n) is 10.0. The molecule has 96 valence electrons. The molecular weight excluding hydrogens is 238 g/mol. The van der Waals surface area contributed by atoms with Crippen molar-refractivity contribution in [1.82, 2.24) is 10.5 Å². The smallest absolute Gasteiger partial charge is 0.174 e. The summed E-state index contributed by atoms with van der Waals surface area (Å²) in [7, 11) is 0. The molecule has 1 aromatic carbocycles. The molecule has 0 aliphatic rings. The van der Waals surface area contributed by atoms with Crippen LogP contribution < -0.4 is 5.32 Å². The van der Waals surface area contributed by atoms with Crippen molar-refractivity contribution >= 4 is 0 Å². The Balaban J connectivity index is 2.28. The largest absolute Gasteiger partial charge is 0.356 e. The molecule has 0 aliphatic heterocycles. The van der Waals surface area contributed by atoms with Gasteiger partial charge in [-0.15, -0.1) is 0 Å². The van der Waals surface area contributed by atoms with Crippen molar-refractivity contribution in [3.63, 3.8) is 0 Å². The summed E-state index contributed by atoms with van der Waals surface area (Å²) in [6, 6.07) is 3.99. The minimum atomic E-state index is -0.911. The van der Waals surface area contributed by atoms with Crippen molar-refractivity contribution in [2.75, 3.05) is 6.54 Å². The molecule has 3 nitrogen and oxygen atoms in total. The highest BCUT2D eigenvalue weighted by molar-refractivity contribution is 5.61. The quantitative estimate of drug-likeness (QED) is 0.831. The van der Waals surface area contributed by atoms with E-state index in [1.165, 1.54) is 18.3 Å². The van der Waals surface area contributed by atoms with Gasteiger partial charge in [-0.1, -0.05) is 18.1 Å². The van der Waals surface area contributed by atoms with Crippen LogP contribution in [0.5, 0.6) is 0 Å². The molecule has 0 unspecified atom stereocenters. The molecule has 1 heterocycles. The third-order valence-corrected chi connectivity index (χ3v) is 2.58. The van der Waals surface area contributed by atoms with Crippen LogP contribution in [0.25, 0.3) is 11.3 Å². The Kier molecular flexibility index (Phi) is 4.04. The van der Waals surface area contributed by atoms with Crippen molar-refractivity contribution in [3.8, 4) is 11.3 Å². The third-order valence-electron chi connectivity index (χ3n) is 2.58. The second-order valence-corrected chi connectivity index (χ2v) is 3.96. The minimum absolute atomic E-state index is 0.0980. The monoisotopic (exact) mass is 252 g/mol. The second kappa shape index (κ2) is 5.73. The van der Waals surface area contributed by atoms with Gasteiger partial charge in [-0.05, 0) is 25.1 Å². The highest BCUT2D eigenvalue weighted by Crippen LogP contribution is 2.27. The van der Waals surface area contributed by atoms with Gasteiger partial charge in [0.25, 0.3) is 0 Å². The maximum atomic E-state index is 13.7. The van der Waals surface area contributed by atoms with Crippen LogP contribution in [-0.4, -0.2) is 11.7 Å². The van der Waals surface area contributed by atoms with Crippen LogP contribution in [-0.2, 0) is 6.54 Å². The number of hydrogen-bond acceptors (Lipinski definition) is 3. The zero-order chi connectivity index (χ0) is 13.0. The van der Waals surface area contributed by atoms with Crippen LogP contribution in [0.3, 0.4) is 0 Å². The van der Waals surface area contributed by atoms with E-state index in [2.05, 4.69) is 10.5 Å². The number of aromatic nitrogens is 1. The van der Waals surface area contributed by atoms with Gasteiger partial charge in [0, 0.05) is 12.1 Å². The molecule has 0 radical (unpaired) electrons. The lowest BCUT2D eigenvalue weighted by Crippen LogP contribution is -2.13. The highest BCUT2D eigenvalue weighted by Gasteiger charge is 2.16. The van der Waals surface area contributed by atoms with E-state index in [-0.39, 0.29) is 11.3 Å². The zero-order valence-corrected chi connectivity index (χ0v) is 10.0. The molecule has 0 aliphatic carbocycles. The number of benzene rings is 1. The van der Waals surface area contributed by atoms with Crippen LogP contribution in [0.2, 0.25) is 0 Å². The van der Waals surface area contributed by atoms with Gasteiger partial charge in [-0.2, -0.15) is 0 Å². The lowest BCUT2D eigenvalue weighted by Gasteiger charge is -2.04. The van der Waals surface area contributed by atoms with Gasteiger partial charge in [0.1, 0.15) is 0 Å². The van der Waals surface area contributed by atoms with E-state index < -0.39 is 11.6 Å². The molecule has 1 aromatic heterocycles. The first-order valence-electron chi connectivity index (χ1n) is 5.82. The molecule has 0 atom stereocenters. The summed E-state index contributed by atoms with van der Waals surface area (Å²) in [5.41, 5.74) is 0.814. The molecule has 0 saturated heterocycles. The third kappa shape index (κ3) is 2.56. The maximum Gasteiger partial charge on any atom is 0.174 e. The Morgan fingerprint density at radius 2 is 2.17 bits per heavy atom. The topological polar surface area (TPSA) is 38.1 Å². The SMILES string of the molecule is CCCNCc1cnoc1-c1cccc(F)c1F. The van der Waals surface area contributed by atoms with E-state index in [0.717, 1.165) is 19.0 Å². The van der Waals surface area contributed by atoms with Gasteiger partial charge in [-0.3, -0.25) is 0 Å². The maximum absolute atomic E-state index is 13.7. The van der Waals surface area contributed by atoms with Crippen LogP contribution in [0.15, 0.2) is 28.9 Å². The molecule has 0 spiro atoms. The Labute approximate surface area is 104 Å².